The van der Waals surface area contributed by atoms with E-state index in [0.717, 1.165) is 17.1 Å². The van der Waals surface area contributed by atoms with Crippen LogP contribution in [0.1, 0.15) is 0 Å². The van der Waals surface area contributed by atoms with E-state index in [1.807, 2.05) is 6.07 Å². The second-order valence-corrected chi connectivity index (χ2v) is 11.7. The molecule has 0 N–H and O–H groups in total. The van der Waals surface area contributed by atoms with Crippen LogP contribution in [0, 0.1) is 0 Å². The Balaban J connectivity index is 1.37. The summed E-state index contributed by atoms with van der Waals surface area (Å²) in [6.07, 6.45) is 0. The van der Waals surface area contributed by atoms with E-state index >= 15 is 0 Å². The molecular weight excluding hydrogens is 534 g/mol. The second-order valence-electron chi connectivity index (χ2n) is 11.7. The van der Waals surface area contributed by atoms with Crippen LogP contribution in [0.5, 0.6) is 11.5 Å². The van der Waals surface area contributed by atoms with Gasteiger partial charge in [0.15, 0.2) is 0 Å². The second kappa shape index (κ2) is 8.82. The number of aromatic nitrogens is 1. The van der Waals surface area contributed by atoms with Crippen LogP contribution in [0.4, 0.5) is 0 Å². The Hall–Kier alpha value is -5.86. The minimum Gasteiger partial charge on any atom is -0.456 e. The molecule has 0 amide bonds. The van der Waals surface area contributed by atoms with Crippen LogP contribution < -0.4 is 4.74 Å². The first-order chi connectivity index (χ1) is 21.8. The molecule has 1 aliphatic rings. The van der Waals surface area contributed by atoms with Crippen molar-refractivity contribution in [3.8, 4) is 39.4 Å². The summed E-state index contributed by atoms with van der Waals surface area (Å²) in [6, 6.07) is 54.8. The van der Waals surface area contributed by atoms with Gasteiger partial charge in [-0.05, 0) is 68.6 Å². The molecule has 2 heterocycles. The van der Waals surface area contributed by atoms with E-state index < -0.39 is 0 Å². The number of nitrogens with zero attached hydrogens (tertiary/aromatic N) is 1. The van der Waals surface area contributed by atoms with Crippen LogP contribution in [0.25, 0.3) is 82.1 Å². The fourth-order valence-electron chi connectivity index (χ4n) is 7.53. The van der Waals surface area contributed by atoms with Gasteiger partial charge < -0.3 is 9.30 Å². The highest BCUT2D eigenvalue weighted by atomic mass is 16.5. The number of ether oxygens (including phenoxy) is 1. The number of hydrogen-bond acceptors (Lipinski definition) is 1. The maximum Gasteiger partial charge on any atom is 0.135 e. The summed E-state index contributed by atoms with van der Waals surface area (Å²) >= 11 is 0. The molecule has 0 spiro atoms. The zero-order chi connectivity index (χ0) is 28.8. The fraction of sp³-hybridized carbons (Fsp3) is 0. The maximum absolute atomic E-state index is 6.45. The summed E-state index contributed by atoms with van der Waals surface area (Å²) in [7, 11) is 0. The van der Waals surface area contributed by atoms with Crippen molar-refractivity contribution in [2.45, 2.75) is 0 Å². The first-order valence-electron chi connectivity index (χ1n) is 15.1. The highest BCUT2D eigenvalue weighted by molar-refractivity contribution is 6.27. The molecule has 9 aromatic rings. The van der Waals surface area contributed by atoms with E-state index in [-0.39, 0.29) is 0 Å². The zero-order valence-electron chi connectivity index (χ0n) is 23.8. The molecule has 0 saturated carbocycles. The third kappa shape index (κ3) is 3.14. The van der Waals surface area contributed by atoms with Gasteiger partial charge in [0.2, 0.25) is 0 Å². The Bertz CT molecular complexity index is 2640. The van der Waals surface area contributed by atoms with Crippen molar-refractivity contribution < 1.29 is 4.74 Å². The van der Waals surface area contributed by atoms with Crippen molar-refractivity contribution in [1.82, 2.24) is 4.57 Å². The van der Waals surface area contributed by atoms with Gasteiger partial charge in [-0.25, -0.2) is 0 Å². The summed E-state index contributed by atoms with van der Waals surface area (Å²) in [5.41, 5.74) is 8.40. The summed E-state index contributed by atoms with van der Waals surface area (Å²) in [6.45, 7) is 0. The lowest BCUT2D eigenvalue weighted by molar-refractivity contribution is 0.487. The third-order valence-corrected chi connectivity index (χ3v) is 9.38. The molecule has 0 unspecified atom stereocenters. The van der Waals surface area contributed by atoms with Gasteiger partial charge in [0, 0.05) is 27.1 Å². The van der Waals surface area contributed by atoms with Crippen molar-refractivity contribution in [2.75, 3.05) is 0 Å². The Kier molecular flexibility index (Phi) is 4.75. The van der Waals surface area contributed by atoms with Crippen LogP contribution in [0.2, 0.25) is 0 Å². The van der Waals surface area contributed by atoms with E-state index in [1.165, 1.54) is 76.5 Å². The smallest absolute Gasteiger partial charge is 0.135 e. The molecule has 1 aliphatic heterocycles. The summed E-state index contributed by atoms with van der Waals surface area (Å²) < 4.78 is 8.92. The molecule has 0 bridgehead atoms. The van der Waals surface area contributed by atoms with E-state index in [4.69, 9.17) is 4.74 Å². The fourth-order valence-corrected chi connectivity index (χ4v) is 7.53. The molecule has 2 nitrogen and oxygen atoms in total. The quantitative estimate of drug-likeness (QED) is 0.205. The average Bonchev–Trinajstić information content (AvgIpc) is 3.43. The lowest BCUT2D eigenvalue weighted by Gasteiger charge is -2.22. The monoisotopic (exact) mass is 559 g/mol. The first kappa shape index (κ1) is 23.7. The molecule has 0 fully saturated rings. The number of benzene rings is 8. The first-order valence-corrected chi connectivity index (χ1v) is 15.1. The predicted octanol–water partition coefficient (Wildman–Crippen LogP) is 11.7. The lowest BCUT2D eigenvalue weighted by atomic mass is 9.89. The SMILES string of the molecule is c1ccc2c(c1)Oc1ccc(-c3cccc4c3c3c5ccccc5ccc3n4-c3cccc4ccccc34)c3cccc-2c13. The number of hydrogen-bond donors (Lipinski definition) is 0. The third-order valence-electron chi connectivity index (χ3n) is 9.38. The molecule has 204 valence electrons. The van der Waals surface area contributed by atoms with Crippen LogP contribution in [0.3, 0.4) is 0 Å². The van der Waals surface area contributed by atoms with Crippen LogP contribution in [-0.2, 0) is 0 Å². The topological polar surface area (TPSA) is 14.2 Å². The Morgan fingerprint density at radius 1 is 0.341 bits per heavy atom. The summed E-state index contributed by atoms with van der Waals surface area (Å²) in [5, 5.41) is 9.91. The predicted molar refractivity (Wildman–Crippen MR) is 184 cm³/mol. The summed E-state index contributed by atoms with van der Waals surface area (Å²) in [4.78, 5) is 0. The Morgan fingerprint density at radius 2 is 0.977 bits per heavy atom. The summed E-state index contributed by atoms with van der Waals surface area (Å²) in [5.74, 6) is 1.82. The van der Waals surface area contributed by atoms with Gasteiger partial charge in [-0.3, -0.25) is 0 Å². The van der Waals surface area contributed by atoms with E-state index in [9.17, 15) is 0 Å². The van der Waals surface area contributed by atoms with Gasteiger partial charge in [-0.2, -0.15) is 0 Å². The van der Waals surface area contributed by atoms with E-state index in [0.29, 0.717) is 0 Å². The minimum absolute atomic E-state index is 0.909. The largest absolute Gasteiger partial charge is 0.456 e. The molecule has 0 radical (unpaired) electrons. The van der Waals surface area contributed by atoms with Crippen molar-refractivity contribution in [2.24, 2.45) is 0 Å². The molecule has 44 heavy (non-hydrogen) atoms. The average molecular weight is 560 g/mol. The number of rotatable bonds is 2. The van der Waals surface area contributed by atoms with Crippen LogP contribution in [-0.4, -0.2) is 4.57 Å². The zero-order valence-corrected chi connectivity index (χ0v) is 23.8. The van der Waals surface area contributed by atoms with Gasteiger partial charge in [-0.1, -0.05) is 121 Å². The van der Waals surface area contributed by atoms with Gasteiger partial charge in [-0.15, -0.1) is 0 Å². The van der Waals surface area contributed by atoms with Crippen molar-refractivity contribution >= 4 is 54.1 Å². The number of para-hydroxylation sites is 1. The van der Waals surface area contributed by atoms with E-state index in [2.05, 4.69) is 150 Å². The Labute approximate surface area is 254 Å². The Morgan fingerprint density at radius 3 is 1.89 bits per heavy atom. The lowest BCUT2D eigenvalue weighted by Crippen LogP contribution is -1.97. The minimum atomic E-state index is 0.909. The van der Waals surface area contributed by atoms with Gasteiger partial charge in [0.25, 0.3) is 0 Å². The molecule has 0 aliphatic carbocycles. The standard InChI is InChI=1S/C42H25NO/c1-3-13-28-26(10-1)12-7-19-35(28)43-36-20-9-18-33(42(36)41-29-14-4-2-11-27(29)22-24-37(41)43)30-23-25-39-40-32(30)16-8-17-34(40)31-15-5-6-21-38(31)44-39/h1-25H. The van der Waals surface area contributed by atoms with Gasteiger partial charge in [0.05, 0.1) is 16.7 Å². The molecule has 0 atom stereocenters. The van der Waals surface area contributed by atoms with Crippen molar-refractivity contribution in [1.29, 1.82) is 0 Å². The van der Waals surface area contributed by atoms with Crippen LogP contribution in [0.15, 0.2) is 152 Å². The van der Waals surface area contributed by atoms with Crippen LogP contribution >= 0.6 is 0 Å². The van der Waals surface area contributed by atoms with E-state index in [1.54, 1.807) is 0 Å². The molecule has 0 saturated heterocycles. The number of fused-ring (bicyclic) bond motifs is 8. The highest BCUT2D eigenvalue weighted by Gasteiger charge is 2.24. The molecule has 1 aromatic heterocycles. The van der Waals surface area contributed by atoms with Crippen molar-refractivity contribution in [3.05, 3.63) is 152 Å². The maximum atomic E-state index is 6.45. The molecular formula is C42H25NO. The molecule has 8 aromatic carbocycles. The van der Waals surface area contributed by atoms with Gasteiger partial charge >= 0.3 is 0 Å². The normalized spacial score (nSPS) is 12.3. The van der Waals surface area contributed by atoms with Crippen molar-refractivity contribution in [3.63, 3.8) is 0 Å². The van der Waals surface area contributed by atoms with Gasteiger partial charge in [0.1, 0.15) is 11.5 Å². The highest BCUT2D eigenvalue weighted by Crippen LogP contribution is 2.50. The molecule has 2 heteroatoms. The molecule has 10 rings (SSSR count).